The van der Waals surface area contributed by atoms with Crippen LogP contribution in [0.15, 0.2) is 87.3 Å². The zero-order valence-corrected chi connectivity index (χ0v) is 26.7. The summed E-state index contributed by atoms with van der Waals surface area (Å²) >= 11 is 7.05. The average molecular weight is 708 g/mol. The third-order valence-corrected chi connectivity index (χ3v) is 7.85. The van der Waals surface area contributed by atoms with Crippen molar-refractivity contribution >= 4 is 66.6 Å². The molecule has 0 aliphatic carbocycles. The molecule has 0 bridgehead atoms. The highest BCUT2D eigenvalue weighted by Crippen LogP contribution is 2.36. The zero-order chi connectivity index (χ0) is 30.5. The minimum Gasteiger partial charge on any atom is -0.493 e. The van der Waals surface area contributed by atoms with Gasteiger partial charge in [0.05, 0.1) is 24.7 Å². The van der Waals surface area contributed by atoms with Gasteiger partial charge >= 0.3 is 6.03 Å². The van der Waals surface area contributed by atoms with E-state index in [0.29, 0.717) is 43.9 Å². The molecule has 0 aromatic heterocycles. The third-order valence-electron chi connectivity index (χ3n) is 6.81. The Labute approximate surface area is 265 Å². The number of carbonyl (C=O) groups is 3. The van der Waals surface area contributed by atoms with Gasteiger partial charge < -0.3 is 14.2 Å². The van der Waals surface area contributed by atoms with Crippen LogP contribution in [0.25, 0.3) is 16.8 Å². The summed E-state index contributed by atoms with van der Waals surface area (Å²) in [5.41, 5.74) is 1.89. The summed E-state index contributed by atoms with van der Waals surface area (Å²) in [6, 6.07) is 22.0. The van der Waals surface area contributed by atoms with Gasteiger partial charge in [0.2, 0.25) is 0 Å². The number of ether oxygens (including phenoxy) is 3. The number of rotatable bonds is 10. The molecule has 1 N–H and O–H groups in total. The first-order chi connectivity index (χ1) is 20.8. The number of fused-ring (bicyclic) bond motifs is 1. The van der Waals surface area contributed by atoms with E-state index in [1.54, 1.807) is 24.3 Å². The molecule has 1 fully saturated rings. The Balaban J connectivity index is 1.43. The lowest BCUT2D eigenvalue weighted by atomic mass is 10.0. The van der Waals surface area contributed by atoms with Gasteiger partial charge in [0.1, 0.15) is 17.9 Å². The highest BCUT2D eigenvalue weighted by molar-refractivity contribution is 9.11. The number of hydrogen-bond donors (Lipinski definition) is 1. The monoisotopic (exact) mass is 706 g/mol. The fourth-order valence-electron chi connectivity index (χ4n) is 4.73. The number of imide groups is 2. The molecule has 0 unspecified atom stereocenters. The second kappa shape index (κ2) is 13.4. The molecule has 4 aromatic rings. The highest BCUT2D eigenvalue weighted by Gasteiger charge is 2.36. The summed E-state index contributed by atoms with van der Waals surface area (Å²) in [4.78, 5) is 40.3. The van der Waals surface area contributed by atoms with Crippen LogP contribution < -0.4 is 19.5 Å². The number of nitrogens with one attached hydrogen (secondary N) is 1. The molecule has 0 atom stereocenters. The van der Waals surface area contributed by atoms with Crippen LogP contribution in [0.5, 0.6) is 17.2 Å². The number of methoxy groups -OCH3 is 1. The molecule has 0 spiro atoms. The number of halogens is 2. The van der Waals surface area contributed by atoms with Crippen LogP contribution in [0.4, 0.5) is 4.79 Å². The molecule has 8 nitrogen and oxygen atoms in total. The average Bonchev–Trinajstić information content (AvgIpc) is 3.00. The molecule has 43 heavy (non-hydrogen) atoms. The maximum absolute atomic E-state index is 13.6. The number of urea groups is 1. The van der Waals surface area contributed by atoms with Crippen LogP contribution in [-0.4, -0.2) is 36.5 Å². The van der Waals surface area contributed by atoms with E-state index < -0.39 is 17.8 Å². The first kappa shape index (κ1) is 30.3. The van der Waals surface area contributed by atoms with Crippen molar-refractivity contribution in [2.45, 2.75) is 26.5 Å². The van der Waals surface area contributed by atoms with E-state index in [-0.39, 0.29) is 18.7 Å². The standard InChI is InChI=1S/C33H28Br2N2O6/c1-3-13-42-28-12-11-20(14-29(28)41-2)18-37-32(39)26(31(38)36-33(37)40)16-23-15-24(34)17-27(35)30(23)43-19-22-9-6-8-21-7-4-5-10-25(21)22/h4-12,14-17H,3,13,18-19H2,1-2H3,(H,36,38,40)/b26-16+. The minimum absolute atomic E-state index is 0.0771. The molecule has 1 aliphatic rings. The molecule has 10 heteroatoms. The fourth-order valence-corrected chi connectivity index (χ4v) is 6.10. The summed E-state index contributed by atoms with van der Waals surface area (Å²) in [5, 5.41) is 4.44. The molecule has 0 saturated carbocycles. The van der Waals surface area contributed by atoms with Gasteiger partial charge in [-0.2, -0.15) is 0 Å². The van der Waals surface area contributed by atoms with Crippen LogP contribution in [-0.2, 0) is 22.7 Å². The predicted octanol–water partition coefficient (Wildman–Crippen LogP) is 7.40. The van der Waals surface area contributed by atoms with Crippen LogP contribution in [0.3, 0.4) is 0 Å². The smallest absolute Gasteiger partial charge is 0.331 e. The van der Waals surface area contributed by atoms with E-state index in [4.69, 9.17) is 14.2 Å². The lowest BCUT2D eigenvalue weighted by Crippen LogP contribution is -2.53. The van der Waals surface area contributed by atoms with E-state index in [2.05, 4.69) is 37.2 Å². The zero-order valence-electron chi connectivity index (χ0n) is 23.5. The number of benzene rings is 4. The number of amides is 4. The van der Waals surface area contributed by atoms with Gasteiger partial charge in [-0.05, 0) is 74.6 Å². The van der Waals surface area contributed by atoms with Crippen molar-refractivity contribution in [2.75, 3.05) is 13.7 Å². The molecule has 4 aromatic carbocycles. The van der Waals surface area contributed by atoms with Gasteiger partial charge in [0.15, 0.2) is 11.5 Å². The molecular weight excluding hydrogens is 680 g/mol. The molecule has 220 valence electrons. The maximum Gasteiger partial charge on any atom is 0.331 e. The van der Waals surface area contributed by atoms with E-state index in [9.17, 15) is 14.4 Å². The molecule has 5 rings (SSSR count). The SMILES string of the molecule is CCCOc1ccc(CN2C(=O)NC(=O)/C(=C\c3cc(Br)cc(Br)c3OCc3cccc4ccccc34)C2=O)cc1OC. The van der Waals surface area contributed by atoms with Crippen molar-refractivity contribution in [1.82, 2.24) is 10.2 Å². The topological polar surface area (TPSA) is 94.2 Å². The van der Waals surface area contributed by atoms with Crippen molar-refractivity contribution in [1.29, 1.82) is 0 Å². The summed E-state index contributed by atoms with van der Waals surface area (Å²) in [7, 11) is 1.52. The van der Waals surface area contributed by atoms with Crippen LogP contribution in [0, 0.1) is 0 Å². The lowest BCUT2D eigenvalue weighted by molar-refractivity contribution is -0.130. The van der Waals surface area contributed by atoms with Gasteiger partial charge in [0, 0.05) is 10.0 Å². The second-order valence-electron chi connectivity index (χ2n) is 9.78. The number of carbonyl (C=O) groups excluding carboxylic acids is 3. The molecule has 1 saturated heterocycles. The lowest BCUT2D eigenvalue weighted by Gasteiger charge is -2.27. The third kappa shape index (κ3) is 6.76. The van der Waals surface area contributed by atoms with Crippen molar-refractivity contribution in [3.05, 3.63) is 104 Å². The number of barbiturate groups is 1. The number of nitrogens with zero attached hydrogens (tertiary/aromatic N) is 1. The predicted molar refractivity (Wildman–Crippen MR) is 171 cm³/mol. The normalized spacial score (nSPS) is 14.3. The first-order valence-electron chi connectivity index (χ1n) is 13.6. The minimum atomic E-state index is -0.805. The van der Waals surface area contributed by atoms with Gasteiger partial charge in [-0.25, -0.2) is 4.79 Å². The Kier molecular flexibility index (Phi) is 9.47. The van der Waals surface area contributed by atoms with Crippen molar-refractivity contribution < 1.29 is 28.6 Å². The van der Waals surface area contributed by atoms with Gasteiger partial charge in [0.25, 0.3) is 11.8 Å². The van der Waals surface area contributed by atoms with Gasteiger partial charge in [-0.15, -0.1) is 0 Å². The fraction of sp³-hybridized carbons (Fsp3) is 0.182. The highest BCUT2D eigenvalue weighted by atomic mass is 79.9. The van der Waals surface area contributed by atoms with Crippen molar-refractivity contribution in [3.8, 4) is 17.2 Å². The molecular formula is C33H28Br2N2O6. The second-order valence-corrected chi connectivity index (χ2v) is 11.5. The number of hydrogen-bond acceptors (Lipinski definition) is 6. The summed E-state index contributed by atoms with van der Waals surface area (Å²) in [6.07, 6.45) is 2.27. The van der Waals surface area contributed by atoms with Crippen molar-refractivity contribution in [3.63, 3.8) is 0 Å². The van der Waals surface area contributed by atoms with Crippen molar-refractivity contribution in [2.24, 2.45) is 0 Å². The molecule has 0 radical (unpaired) electrons. The largest absolute Gasteiger partial charge is 0.493 e. The Bertz CT molecular complexity index is 1750. The Morgan fingerprint density at radius 3 is 2.49 bits per heavy atom. The quantitative estimate of drug-likeness (QED) is 0.136. The van der Waals surface area contributed by atoms with E-state index in [1.807, 2.05) is 55.5 Å². The van der Waals surface area contributed by atoms with Gasteiger partial charge in [-0.3, -0.25) is 19.8 Å². The first-order valence-corrected chi connectivity index (χ1v) is 15.1. The van der Waals surface area contributed by atoms with Crippen LogP contribution in [0.2, 0.25) is 0 Å². The van der Waals surface area contributed by atoms with Gasteiger partial charge in [-0.1, -0.05) is 71.4 Å². The molecule has 1 heterocycles. The van der Waals surface area contributed by atoms with E-state index in [0.717, 1.165) is 27.7 Å². The maximum atomic E-state index is 13.6. The Morgan fingerprint density at radius 1 is 0.907 bits per heavy atom. The molecule has 4 amide bonds. The van der Waals surface area contributed by atoms with E-state index in [1.165, 1.54) is 13.2 Å². The van der Waals surface area contributed by atoms with Crippen LogP contribution in [0.1, 0.15) is 30.0 Å². The van der Waals surface area contributed by atoms with Crippen LogP contribution >= 0.6 is 31.9 Å². The summed E-state index contributed by atoms with van der Waals surface area (Å²) < 4.78 is 18.8. The summed E-state index contributed by atoms with van der Waals surface area (Å²) in [5.74, 6) is -0.0253. The Hall–Kier alpha value is -4.15. The van der Waals surface area contributed by atoms with E-state index >= 15 is 0 Å². The molecule has 1 aliphatic heterocycles. The Morgan fingerprint density at radius 2 is 1.70 bits per heavy atom. The summed E-state index contributed by atoms with van der Waals surface area (Å²) in [6.45, 7) is 2.70.